The van der Waals surface area contributed by atoms with Crippen molar-refractivity contribution in [2.45, 2.75) is 56.9 Å². The third-order valence-electron chi connectivity index (χ3n) is 3.87. The standard InChI is InChI=1S/C16H25NS/c1-4-6-15(12(3)17-5-2)13-7-8-16-14(11-13)9-10-18-16/h7-8,11-12,15,17H,4-6,9-10H2,1-3H3. The highest BCUT2D eigenvalue weighted by molar-refractivity contribution is 7.99. The van der Waals surface area contributed by atoms with E-state index < -0.39 is 0 Å². The van der Waals surface area contributed by atoms with Crippen molar-refractivity contribution >= 4 is 11.8 Å². The molecule has 2 unspecified atom stereocenters. The molecule has 0 aromatic heterocycles. The van der Waals surface area contributed by atoms with E-state index in [0.717, 1.165) is 6.54 Å². The summed E-state index contributed by atoms with van der Waals surface area (Å²) in [5.74, 6) is 1.92. The molecule has 1 aromatic carbocycles. The molecule has 0 saturated heterocycles. The molecule has 0 spiro atoms. The number of benzene rings is 1. The van der Waals surface area contributed by atoms with Gasteiger partial charge >= 0.3 is 0 Å². The Kier molecular flexibility index (Phi) is 5.13. The molecule has 0 amide bonds. The summed E-state index contributed by atoms with van der Waals surface area (Å²) in [6.07, 6.45) is 3.79. The van der Waals surface area contributed by atoms with Gasteiger partial charge in [-0.25, -0.2) is 0 Å². The predicted octanol–water partition coefficient (Wildman–Crippen LogP) is 4.22. The number of rotatable bonds is 6. The average molecular weight is 263 g/mol. The van der Waals surface area contributed by atoms with Crippen molar-refractivity contribution in [2.75, 3.05) is 12.3 Å². The van der Waals surface area contributed by atoms with E-state index >= 15 is 0 Å². The Morgan fingerprint density at radius 3 is 2.89 bits per heavy atom. The lowest BCUT2D eigenvalue weighted by molar-refractivity contribution is 0.444. The second kappa shape index (κ2) is 6.63. The summed E-state index contributed by atoms with van der Waals surface area (Å²) in [6, 6.07) is 7.72. The van der Waals surface area contributed by atoms with E-state index in [1.54, 1.807) is 5.56 Å². The van der Waals surface area contributed by atoms with Crippen LogP contribution in [-0.4, -0.2) is 18.3 Å². The van der Waals surface area contributed by atoms with Gasteiger partial charge in [0.2, 0.25) is 0 Å². The molecule has 1 aliphatic rings. The van der Waals surface area contributed by atoms with Crippen molar-refractivity contribution in [3.63, 3.8) is 0 Å². The molecule has 0 saturated carbocycles. The smallest absolute Gasteiger partial charge is 0.0107 e. The molecule has 0 radical (unpaired) electrons. The summed E-state index contributed by atoms with van der Waals surface area (Å²) in [5.41, 5.74) is 3.11. The molecule has 1 aromatic rings. The normalized spacial score (nSPS) is 17.5. The summed E-state index contributed by atoms with van der Waals surface area (Å²) < 4.78 is 0. The van der Waals surface area contributed by atoms with E-state index in [0.29, 0.717) is 12.0 Å². The van der Waals surface area contributed by atoms with Crippen LogP contribution in [-0.2, 0) is 6.42 Å². The monoisotopic (exact) mass is 263 g/mol. The minimum Gasteiger partial charge on any atom is -0.314 e. The van der Waals surface area contributed by atoms with E-state index in [4.69, 9.17) is 0 Å². The highest BCUT2D eigenvalue weighted by atomic mass is 32.2. The highest BCUT2D eigenvalue weighted by Crippen LogP contribution is 2.35. The van der Waals surface area contributed by atoms with E-state index in [1.807, 2.05) is 11.8 Å². The van der Waals surface area contributed by atoms with E-state index in [-0.39, 0.29) is 0 Å². The first-order chi connectivity index (χ1) is 8.76. The maximum Gasteiger partial charge on any atom is 0.0107 e. The van der Waals surface area contributed by atoms with Crippen molar-refractivity contribution in [3.8, 4) is 0 Å². The van der Waals surface area contributed by atoms with Crippen LogP contribution in [0.15, 0.2) is 23.1 Å². The molecule has 0 fully saturated rings. The topological polar surface area (TPSA) is 12.0 Å². The fraction of sp³-hybridized carbons (Fsp3) is 0.625. The van der Waals surface area contributed by atoms with Crippen LogP contribution in [0, 0.1) is 0 Å². The Morgan fingerprint density at radius 1 is 1.33 bits per heavy atom. The molecule has 2 heteroatoms. The molecule has 2 rings (SSSR count). The van der Waals surface area contributed by atoms with Crippen molar-refractivity contribution in [1.29, 1.82) is 0 Å². The van der Waals surface area contributed by atoms with Gasteiger partial charge in [-0.2, -0.15) is 0 Å². The Balaban J connectivity index is 2.19. The summed E-state index contributed by atoms with van der Waals surface area (Å²) in [6.45, 7) is 7.86. The van der Waals surface area contributed by atoms with E-state index in [2.05, 4.69) is 44.3 Å². The number of thioether (sulfide) groups is 1. The first kappa shape index (κ1) is 14.0. The molecule has 1 nitrogen and oxygen atoms in total. The number of likely N-dealkylation sites (N-methyl/N-ethyl adjacent to an activating group) is 1. The minimum absolute atomic E-state index is 0.571. The van der Waals surface area contributed by atoms with Crippen LogP contribution in [0.4, 0.5) is 0 Å². The number of hydrogen-bond donors (Lipinski definition) is 1. The summed E-state index contributed by atoms with van der Waals surface area (Å²) >= 11 is 2.00. The van der Waals surface area contributed by atoms with E-state index in [1.165, 1.54) is 35.5 Å². The molecule has 18 heavy (non-hydrogen) atoms. The van der Waals surface area contributed by atoms with Crippen LogP contribution in [0.1, 0.15) is 50.7 Å². The summed E-state index contributed by atoms with van der Waals surface area (Å²) in [4.78, 5) is 1.50. The minimum atomic E-state index is 0.571. The van der Waals surface area contributed by atoms with Gasteiger partial charge in [0.15, 0.2) is 0 Å². The van der Waals surface area contributed by atoms with Gasteiger partial charge < -0.3 is 5.32 Å². The quantitative estimate of drug-likeness (QED) is 0.825. The lowest BCUT2D eigenvalue weighted by atomic mass is 9.87. The SMILES string of the molecule is CCCC(c1ccc2c(c1)CCS2)C(C)NCC. The van der Waals surface area contributed by atoms with Crippen molar-refractivity contribution < 1.29 is 0 Å². The average Bonchev–Trinajstić information content (AvgIpc) is 2.83. The molecule has 1 heterocycles. The van der Waals surface area contributed by atoms with Crippen LogP contribution < -0.4 is 5.32 Å². The largest absolute Gasteiger partial charge is 0.314 e. The van der Waals surface area contributed by atoms with Gasteiger partial charge in [-0.1, -0.05) is 32.4 Å². The molecule has 1 N–H and O–H groups in total. The van der Waals surface area contributed by atoms with Crippen LogP contribution in [0.25, 0.3) is 0 Å². The zero-order valence-electron chi connectivity index (χ0n) is 11.8. The molecule has 0 bridgehead atoms. The Labute approximate surface area is 116 Å². The second-order valence-corrected chi connectivity index (χ2v) is 6.34. The third kappa shape index (κ3) is 3.10. The first-order valence-corrected chi connectivity index (χ1v) is 8.23. The zero-order valence-corrected chi connectivity index (χ0v) is 12.6. The fourth-order valence-corrected chi connectivity index (χ4v) is 3.97. The molecule has 2 atom stereocenters. The predicted molar refractivity (Wildman–Crippen MR) is 81.7 cm³/mol. The number of aryl methyl sites for hydroxylation is 1. The van der Waals surface area contributed by atoms with Crippen molar-refractivity contribution in [1.82, 2.24) is 5.32 Å². The molecular weight excluding hydrogens is 238 g/mol. The number of nitrogens with one attached hydrogen (secondary N) is 1. The lowest BCUT2D eigenvalue weighted by Gasteiger charge is -2.25. The van der Waals surface area contributed by atoms with Crippen molar-refractivity contribution in [3.05, 3.63) is 29.3 Å². The summed E-state index contributed by atoms with van der Waals surface area (Å²) in [7, 11) is 0. The Bertz CT molecular complexity index is 389. The summed E-state index contributed by atoms with van der Waals surface area (Å²) in [5, 5.41) is 3.59. The third-order valence-corrected chi connectivity index (χ3v) is 4.99. The van der Waals surface area contributed by atoms with Crippen LogP contribution in [0.3, 0.4) is 0 Å². The van der Waals surface area contributed by atoms with E-state index in [9.17, 15) is 0 Å². The Morgan fingerprint density at radius 2 is 2.17 bits per heavy atom. The maximum atomic E-state index is 3.59. The first-order valence-electron chi connectivity index (χ1n) is 7.25. The maximum absolute atomic E-state index is 3.59. The van der Waals surface area contributed by atoms with Gasteiger partial charge in [0.05, 0.1) is 0 Å². The van der Waals surface area contributed by atoms with Gasteiger partial charge in [-0.05, 0) is 49.4 Å². The van der Waals surface area contributed by atoms with Gasteiger partial charge in [0.25, 0.3) is 0 Å². The zero-order chi connectivity index (χ0) is 13.0. The highest BCUT2D eigenvalue weighted by Gasteiger charge is 2.20. The Hall–Kier alpha value is -0.470. The van der Waals surface area contributed by atoms with Gasteiger partial charge in [-0.15, -0.1) is 11.8 Å². The molecule has 100 valence electrons. The van der Waals surface area contributed by atoms with Gasteiger partial charge in [0.1, 0.15) is 0 Å². The van der Waals surface area contributed by atoms with Crippen LogP contribution in [0.2, 0.25) is 0 Å². The van der Waals surface area contributed by atoms with Crippen molar-refractivity contribution in [2.24, 2.45) is 0 Å². The number of fused-ring (bicyclic) bond motifs is 1. The molecule has 1 aliphatic heterocycles. The van der Waals surface area contributed by atoms with Crippen LogP contribution >= 0.6 is 11.8 Å². The second-order valence-electron chi connectivity index (χ2n) is 5.21. The van der Waals surface area contributed by atoms with Crippen LogP contribution in [0.5, 0.6) is 0 Å². The molecule has 0 aliphatic carbocycles. The van der Waals surface area contributed by atoms with Gasteiger partial charge in [-0.3, -0.25) is 0 Å². The lowest BCUT2D eigenvalue weighted by Crippen LogP contribution is -2.32. The fourth-order valence-electron chi connectivity index (χ4n) is 2.92. The number of hydrogen-bond acceptors (Lipinski definition) is 2. The molecular formula is C16H25NS. The van der Waals surface area contributed by atoms with Gasteiger partial charge in [0, 0.05) is 16.7 Å².